The predicted octanol–water partition coefficient (Wildman–Crippen LogP) is 2.65. The number of benzene rings is 1. The Morgan fingerprint density at radius 3 is 2.12 bits per heavy atom. The molecule has 0 spiro atoms. The normalized spacial score (nSPS) is 18.0. The van der Waals surface area contributed by atoms with Gasteiger partial charge in [-0.15, -0.1) is 0 Å². The Kier molecular flexibility index (Phi) is 3.09. The van der Waals surface area contributed by atoms with Crippen molar-refractivity contribution in [1.29, 1.82) is 0 Å². The molecule has 1 fully saturated rings. The molecular formula is C14H19NO2. The number of carboxylic acid groups (broad SMARTS) is 1. The number of hydrogen-bond donors (Lipinski definition) is 1. The SMILES string of the molecule is CN(C)c1ccc(C2(C(=O)O)CCCC2)cc1. The predicted molar refractivity (Wildman–Crippen MR) is 68.6 cm³/mol. The van der Waals surface area contributed by atoms with E-state index in [1.165, 1.54) is 0 Å². The average Bonchev–Trinajstić information content (AvgIpc) is 2.79. The lowest BCUT2D eigenvalue weighted by molar-refractivity contribution is -0.143. The molecule has 1 aliphatic rings. The molecule has 3 nitrogen and oxygen atoms in total. The van der Waals surface area contributed by atoms with Crippen molar-refractivity contribution in [3.63, 3.8) is 0 Å². The average molecular weight is 233 g/mol. The molecule has 0 amide bonds. The van der Waals surface area contributed by atoms with Crippen LogP contribution in [0, 0.1) is 0 Å². The smallest absolute Gasteiger partial charge is 0.314 e. The summed E-state index contributed by atoms with van der Waals surface area (Å²) in [5, 5.41) is 9.49. The van der Waals surface area contributed by atoms with Gasteiger partial charge in [-0.25, -0.2) is 0 Å². The van der Waals surface area contributed by atoms with E-state index in [-0.39, 0.29) is 0 Å². The van der Waals surface area contributed by atoms with Crippen molar-refractivity contribution < 1.29 is 9.90 Å². The van der Waals surface area contributed by atoms with Gasteiger partial charge in [-0.3, -0.25) is 4.79 Å². The quantitative estimate of drug-likeness (QED) is 0.872. The summed E-state index contributed by atoms with van der Waals surface area (Å²) in [5.41, 5.74) is 1.42. The van der Waals surface area contributed by atoms with E-state index < -0.39 is 11.4 Å². The molecule has 1 aliphatic carbocycles. The summed E-state index contributed by atoms with van der Waals surface area (Å²) in [4.78, 5) is 13.6. The first-order chi connectivity index (χ1) is 8.06. The van der Waals surface area contributed by atoms with Crippen LogP contribution in [0.4, 0.5) is 5.69 Å². The number of rotatable bonds is 3. The summed E-state index contributed by atoms with van der Waals surface area (Å²) < 4.78 is 0. The van der Waals surface area contributed by atoms with Crippen molar-refractivity contribution in [2.75, 3.05) is 19.0 Å². The standard InChI is InChI=1S/C14H19NO2/c1-15(2)12-7-5-11(6-8-12)14(13(16)17)9-3-4-10-14/h5-8H,3-4,9-10H2,1-2H3,(H,16,17). The molecule has 0 heterocycles. The van der Waals surface area contributed by atoms with E-state index in [1.54, 1.807) is 0 Å². The Labute approximate surface area is 102 Å². The second-order valence-electron chi connectivity index (χ2n) is 5.04. The maximum absolute atomic E-state index is 11.5. The van der Waals surface area contributed by atoms with Gasteiger partial charge in [-0.1, -0.05) is 25.0 Å². The monoisotopic (exact) mass is 233 g/mol. The lowest BCUT2D eigenvalue weighted by Crippen LogP contribution is -2.32. The minimum atomic E-state index is -0.674. The van der Waals surface area contributed by atoms with Gasteiger partial charge in [0.2, 0.25) is 0 Å². The topological polar surface area (TPSA) is 40.5 Å². The molecular weight excluding hydrogens is 214 g/mol. The zero-order chi connectivity index (χ0) is 12.5. The van der Waals surface area contributed by atoms with Crippen LogP contribution in [0.5, 0.6) is 0 Å². The van der Waals surface area contributed by atoms with E-state index >= 15 is 0 Å². The van der Waals surface area contributed by atoms with Crippen LogP contribution in [0.25, 0.3) is 0 Å². The minimum Gasteiger partial charge on any atom is -0.481 e. The minimum absolute atomic E-state index is 0.634. The van der Waals surface area contributed by atoms with Gasteiger partial charge in [-0.05, 0) is 30.5 Å². The van der Waals surface area contributed by atoms with Crippen molar-refractivity contribution in [2.45, 2.75) is 31.1 Å². The highest BCUT2D eigenvalue weighted by Gasteiger charge is 2.42. The molecule has 92 valence electrons. The third kappa shape index (κ3) is 2.02. The maximum Gasteiger partial charge on any atom is 0.314 e. The third-order valence-corrected chi connectivity index (χ3v) is 3.80. The van der Waals surface area contributed by atoms with Gasteiger partial charge >= 0.3 is 5.97 Å². The van der Waals surface area contributed by atoms with Crippen molar-refractivity contribution in [3.8, 4) is 0 Å². The summed E-state index contributed by atoms with van der Waals surface area (Å²) in [6.45, 7) is 0. The zero-order valence-corrected chi connectivity index (χ0v) is 10.4. The van der Waals surface area contributed by atoms with Crippen molar-refractivity contribution in [3.05, 3.63) is 29.8 Å². The molecule has 1 aromatic carbocycles. The maximum atomic E-state index is 11.5. The van der Waals surface area contributed by atoms with E-state index in [1.807, 2.05) is 43.3 Å². The summed E-state index contributed by atoms with van der Waals surface area (Å²) in [7, 11) is 3.97. The Morgan fingerprint density at radius 1 is 1.18 bits per heavy atom. The van der Waals surface area contributed by atoms with Crippen LogP contribution in [0.15, 0.2) is 24.3 Å². The first kappa shape index (κ1) is 12.0. The van der Waals surface area contributed by atoms with Gasteiger partial charge < -0.3 is 10.0 Å². The number of anilines is 1. The molecule has 3 heteroatoms. The molecule has 17 heavy (non-hydrogen) atoms. The zero-order valence-electron chi connectivity index (χ0n) is 10.4. The second-order valence-corrected chi connectivity index (χ2v) is 5.04. The molecule has 1 N–H and O–H groups in total. The van der Waals surface area contributed by atoms with Gasteiger partial charge in [0.05, 0.1) is 5.41 Å². The molecule has 0 aliphatic heterocycles. The fraction of sp³-hybridized carbons (Fsp3) is 0.500. The molecule has 0 atom stereocenters. The first-order valence-electron chi connectivity index (χ1n) is 6.07. The Morgan fingerprint density at radius 2 is 1.71 bits per heavy atom. The highest BCUT2D eigenvalue weighted by molar-refractivity contribution is 5.82. The first-order valence-corrected chi connectivity index (χ1v) is 6.07. The van der Waals surface area contributed by atoms with Crippen LogP contribution in [-0.2, 0) is 10.2 Å². The molecule has 0 saturated heterocycles. The molecule has 0 bridgehead atoms. The van der Waals surface area contributed by atoms with E-state index in [0.717, 1.165) is 36.9 Å². The highest BCUT2D eigenvalue weighted by atomic mass is 16.4. The van der Waals surface area contributed by atoms with E-state index in [9.17, 15) is 9.90 Å². The number of aliphatic carboxylic acids is 1. The summed E-state index contributed by atoms with van der Waals surface area (Å²) in [6.07, 6.45) is 3.57. The Balaban J connectivity index is 2.35. The van der Waals surface area contributed by atoms with Crippen LogP contribution in [0.1, 0.15) is 31.2 Å². The highest BCUT2D eigenvalue weighted by Crippen LogP contribution is 2.41. The van der Waals surface area contributed by atoms with E-state index in [4.69, 9.17) is 0 Å². The summed E-state index contributed by atoms with van der Waals surface area (Å²) >= 11 is 0. The van der Waals surface area contributed by atoms with Crippen LogP contribution in [0.2, 0.25) is 0 Å². The second kappa shape index (κ2) is 4.40. The van der Waals surface area contributed by atoms with Crippen LogP contribution in [0.3, 0.4) is 0 Å². The van der Waals surface area contributed by atoms with Gasteiger partial charge in [0.25, 0.3) is 0 Å². The van der Waals surface area contributed by atoms with E-state index in [2.05, 4.69) is 0 Å². The molecule has 0 unspecified atom stereocenters. The third-order valence-electron chi connectivity index (χ3n) is 3.80. The summed E-state index contributed by atoms with van der Waals surface area (Å²) in [5.74, 6) is -0.674. The van der Waals surface area contributed by atoms with Gasteiger partial charge in [-0.2, -0.15) is 0 Å². The Bertz CT molecular complexity index is 403. The summed E-state index contributed by atoms with van der Waals surface area (Å²) in [6, 6.07) is 7.93. The number of nitrogens with zero attached hydrogens (tertiary/aromatic N) is 1. The van der Waals surface area contributed by atoms with Crippen molar-refractivity contribution in [2.24, 2.45) is 0 Å². The van der Waals surface area contributed by atoms with Crippen LogP contribution in [-0.4, -0.2) is 25.2 Å². The van der Waals surface area contributed by atoms with Crippen LogP contribution >= 0.6 is 0 Å². The molecule has 1 saturated carbocycles. The Hall–Kier alpha value is -1.51. The van der Waals surface area contributed by atoms with Gasteiger partial charge in [0.1, 0.15) is 0 Å². The molecule has 2 rings (SSSR count). The lowest BCUT2D eigenvalue weighted by Gasteiger charge is -2.25. The fourth-order valence-electron chi connectivity index (χ4n) is 2.68. The molecule has 1 aromatic rings. The van der Waals surface area contributed by atoms with Crippen LogP contribution < -0.4 is 4.90 Å². The van der Waals surface area contributed by atoms with E-state index in [0.29, 0.717) is 0 Å². The van der Waals surface area contributed by atoms with Gasteiger partial charge in [0, 0.05) is 19.8 Å². The fourth-order valence-corrected chi connectivity index (χ4v) is 2.68. The molecule has 0 aromatic heterocycles. The number of carbonyl (C=O) groups is 1. The number of hydrogen-bond acceptors (Lipinski definition) is 2. The van der Waals surface area contributed by atoms with Crippen molar-refractivity contribution >= 4 is 11.7 Å². The lowest BCUT2D eigenvalue weighted by atomic mass is 9.79. The van der Waals surface area contributed by atoms with Gasteiger partial charge in [0.15, 0.2) is 0 Å². The largest absolute Gasteiger partial charge is 0.481 e. The number of carboxylic acids is 1. The van der Waals surface area contributed by atoms with Crippen molar-refractivity contribution in [1.82, 2.24) is 0 Å². The molecule has 0 radical (unpaired) electrons.